The van der Waals surface area contributed by atoms with Gasteiger partial charge in [-0.05, 0) is 6.42 Å². The van der Waals surface area contributed by atoms with E-state index in [9.17, 15) is 4.79 Å². The molecule has 9 heteroatoms. The Bertz CT molecular complexity index is 518. The summed E-state index contributed by atoms with van der Waals surface area (Å²) in [4.78, 5) is 25.5. The minimum absolute atomic E-state index is 0.0244. The van der Waals surface area contributed by atoms with Gasteiger partial charge in [0.05, 0.1) is 26.4 Å². The summed E-state index contributed by atoms with van der Waals surface area (Å²) < 4.78 is 10.9. The number of likely N-dealkylation sites (N-methyl/N-ethyl adjacent to an activating group) is 1. The van der Waals surface area contributed by atoms with Crippen LogP contribution in [0, 0.1) is 0 Å². The van der Waals surface area contributed by atoms with Crippen molar-refractivity contribution < 1.29 is 14.3 Å². The molecule has 0 saturated carbocycles. The second-order valence-corrected chi connectivity index (χ2v) is 7.85. The number of morpholine rings is 2. The molecule has 3 rings (SSSR count). The van der Waals surface area contributed by atoms with Gasteiger partial charge >= 0.3 is 0 Å². The lowest BCUT2D eigenvalue weighted by atomic mass is 10.2. The zero-order valence-electron chi connectivity index (χ0n) is 17.4. The molecular weight excluding hydrogens is 360 g/mol. The molecule has 3 heterocycles. The molecule has 3 aliphatic heterocycles. The molecule has 0 radical (unpaired) electrons. The number of hydrogen-bond acceptors (Lipinski definition) is 6. The SMILES string of the molecule is CN(C)C(=O)CN=C(NCCN1CCOCC1)N1CCC(N2CCOCC2)C1. The predicted octanol–water partition coefficient (Wildman–Crippen LogP) is -1.24. The Balaban J connectivity index is 1.54. The molecule has 1 atom stereocenters. The Morgan fingerprint density at radius 2 is 1.75 bits per heavy atom. The fraction of sp³-hybridized carbons (Fsp3) is 0.895. The Morgan fingerprint density at radius 3 is 2.43 bits per heavy atom. The molecule has 0 aromatic carbocycles. The maximum atomic E-state index is 12.0. The Labute approximate surface area is 168 Å². The molecule has 0 spiro atoms. The highest BCUT2D eigenvalue weighted by atomic mass is 16.5. The van der Waals surface area contributed by atoms with Crippen LogP contribution >= 0.6 is 0 Å². The minimum Gasteiger partial charge on any atom is -0.379 e. The number of nitrogens with one attached hydrogen (secondary N) is 1. The number of carbonyl (C=O) groups is 1. The molecule has 3 saturated heterocycles. The summed E-state index contributed by atoms with van der Waals surface area (Å²) in [5.74, 6) is 0.885. The summed E-state index contributed by atoms with van der Waals surface area (Å²) in [6, 6.07) is 0.541. The molecule has 28 heavy (non-hydrogen) atoms. The van der Waals surface area contributed by atoms with Crippen molar-refractivity contribution in [1.82, 2.24) is 24.9 Å². The van der Waals surface area contributed by atoms with E-state index >= 15 is 0 Å². The van der Waals surface area contributed by atoms with Crippen molar-refractivity contribution in [1.29, 1.82) is 0 Å². The van der Waals surface area contributed by atoms with Crippen LogP contribution < -0.4 is 5.32 Å². The predicted molar refractivity (Wildman–Crippen MR) is 109 cm³/mol. The monoisotopic (exact) mass is 396 g/mol. The smallest absolute Gasteiger partial charge is 0.243 e. The number of rotatable bonds is 6. The quantitative estimate of drug-likeness (QED) is 0.445. The van der Waals surface area contributed by atoms with Crippen LogP contribution in [0.25, 0.3) is 0 Å². The standard InChI is InChI=1S/C19H36N6O3/c1-22(2)18(26)15-21-19(20-4-6-23-7-11-27-12-8-23)25-5-3-17(16-25)24-9-13-28-14-10-24/h17H,3-16H2,1-2H3,(H,20,21). The highest BCUT2D eigenvalue weighted by Gasteiger charge is 2.30. The van der Waals surface area contributed by atoms with E-state index in [0.717, 1.165) is 91.2 Å². The minimum atomic E-state index is 0.0244. The van der Waals surface area contributed by atoms with Crippen LogP contribution in [0.4, 0.5) is 0 Å². The van der Waals surface area contributed by atoms with Crippen molar-refractivity contribution in [3.63, 3.8) is 0 Å². The molecular formula is C19H36N6O3. The second-order valence-electron chi connectivity index (χ2n) is 7.85. The molecule has 1 unspecified atom stereocenters. The van der Waals surface area contributed by atoms with Gasteiger partial charge in [-0.25, -0.2) is 4.99 Å². The van der Waals surface area contributed by atoms with Gasteiger partial charge in [-0.3, -0.25) is 14.6 Å². The number of likely N-dealkylation sites (tertiary alicyclic amines) is 1. The molecule has 160 valence electrons. The van der Waals surface area contributed by atoms with Gasteiger partial charge in [0.25, 0.3) is 0 Å². The lowest BCUT2D eigenvalue weighted by Gasteiger charge is -2.32. The van der Waals surface area contributed by atoms with E-state index in [1.807, 2.05) is 0 Å². The van der Waals surface area contributed by atoms with E-state index in [2.05, 4.69) is 25.0 Å². The lowest BCUT2D eigenvalue weighted by molar-refractivity contribution is -0.127. The molecule has 0 bridgehead atoms. The summed E-state index contributed by atoms with van der Waals surface area (Å²) in [7, 11) is 3.54. The maximum Gasteiger partial charge on any atom is 0.243 e. The third-order valence-corrected chi connectivity index (χ3v) is 5.70. The second kappa shape index (κ2) is 10.9. The Hall–Kier alpha value is -1.42. The first kappa shape index (κ1) is 21.3. The van der Waals surface area contributed by atoms with Gasteiger partial charge in [-0.1, -0.05) is 0 Å². The van der Waals surface area contributed by atoms with Gasteiger partial charge in [0.2, 0.25) is 5.91 Å². The topological polar surface area (TPSA) is 72.9 Å². The first-order valence-electron chi connectivity index (χ1n) is 10.5. The van der Waals surface area contributed by atoms with Crippen LogP contribution in [0.15, 0.2) is 4.99 Å². The van der Waals surface area contributed by atoms with Crippen molar-refractivity contribution in [3.8, 4) is 0 Å². The first-order chi connectivity index (χ1) is 13.6. The molecule has 3 aliphatic rings. The number of ether oxygens (including phenoxy) is 2. The molecule has 9 nitrogen and oxygen atoms in total. The molecule has 0 aromatic heterocycles. The zero-order chi connectivity index (χ0) is 19.8. The van der Waals surface area contributed by atoms with E-state index in [1.165, 1.54) is 0 Å². The molecule has 3 fully saturated rings. The van der Waals surface area contributed by atoms with Crippen molar-refractivity contribution >= 4 is 11.9 Å². The van der Waals surface area contributed by atoms with E-state index < -0.39 is 0 Å². The van der Waals surface area contributed by atoms with Crippen LogP contribution in [0.5, 0.6) is 0 Å². The van der Waals surface area contributed by atoms with Gasteiger partial charge in [-0.2, -0.15) is 0 Å². The van der Waals surface area contributed by atoms with Gasteiger partial charge in [0.1, 0.15) is 6.54 Å². The maximum absolute atomic E-state index is 12.0. The normalized spacial score (nSPS) is 25.1. The highest BCUT2D eigenvalue weighted by molar-refractivity contribution is 5.85. The summed E-state index contributed by atoms with van der Waals surface area (Å²) in [5.41, 5.74) is 0. The number of carbonyl (C=O) groups excluding carboxylic acids is 1. The number of aliphatic imine (C=N–C) groups is 1. The van der Waals surface area contributed by atoms with Gasteiger partial charge in [0, 0.05) is 72.5 Å². The number of guanidine groups is 1. The summed E-state index contributed by atoms with van der Waals surface area (Å²) in [5, 5.41) is 3.51. The first-order valence-corrected chi connectivity index (χ1v) is 10.5. The van der Waals surface area contributed by atoms with Crippen LogP contribution in [0.3, 0.4) is 0 Å². The average molecular weight is 397 g/mol. The molecule has 1 N–H and O–H groups in total. The van der Waals surface area contributed by atoms with Crippen LogP contribution in [0.1, 0.15) is 6.42 Å². The largest absolute Gasteiger partial charge is 0.379 e. The van der Waals surface area contributed by atoms with Crippen molar-refractivity contribution in [2.45, 2.75) is 12.5 Å². The van der Waals surface area contributed by atoms with Crippen molar-refractivity contribution in [3.05, 3.63) is 0 Å². The van der Waals surface area contributed by atoms with Crippen LogP contribution in [0.2, 0.25) is 0 Å². The fourth-order valence-electron chi connectivity index (χ4n) is 3.88. The van der Waals surface area contributed by atoms with Crippen molar-refractivity contribution in [2.24, 2.45) is 4.99 Å². The molecule has 0 aliphatic carbocycles. The van der Waals surface area contributed by atoms with Gasteiger partial charge in [0.15, 0.2) is 5.96 Å². The van der Waals surface area contributed by atoms with E-state index in [1.54, 1.807) is 19.0 Å². The third kappa shape index (κ3) is 6.30. The fourth-order valence-corrected chi connectivity index (χ4v) is 3.88. The summed E-state index contributed by atoms with van der Waals surface area (Å²) in [6.45, 7) is 11.2. The third-order valence-electron chi connectivity index (χ3n) is 5.70. The molecule has 1 amide bonds. The van der Waals surface area contributed by atoms with E-state index in [0.29, 0.717) is 6.04 Å². The summed E-state index contributed by atoms with van der Waals surface area (Å²) in [6.07, 6.45) is 1.13. The van der Waals surface area contributed by atoms with Gasteiger partial charge < -0.3 is 24.6 Å². The number of hydrogen-bond donors (Lipinski definition) is 1. The average Bonchev–Trinajstić information content (AvgIpc) is 3.21. The summed E-state index contributed by atoms with van der Waals surface area (Å²) >= 11 is 0. The van der Waals surface area contributed by atoms with Crippen LogP contribution in [-0.2, 0) is 14.3 Å². The Kier molecular flexibility index (Phi) is 8.32. The number of nitrogens with zero attached hydrogens (tertiary/aromatic N) is 5. The zero-order valence-corrected chi connectivity index (χ0v) is 17.4. The van der Waals surface area contributed by atoms with Crippen LogP contribution in [-0.4, -0.2) is 137 Å². The highest BCUT2D eigenvalue weighted by Crippen LogP contribution is 2.17. The Morgan fingerprint density at radius 1 is 1.07 bits per heavy atom. The van der Waals surface area contributed by atoms with Gasteiger partial charge in [-0.15, -0.1) is 0 Å². The van der Waals surface area contributed by atoms with E-state index in [-0.39, 0.29) is 12.5 Å². The number of amides is 1. The van der Waals surface area contributed by atoms with Crippen molar-refractivity contribution in [2.75, 3.05) is 99.4 Å². The molecule has 0 aromatic rings. The van der Waals surface area contributed by atoms with E-state index in [4.69, 9.17) is 9.47 Å². The lowest BCUT2D eigenvalue weighted by Crippen LogP contribution is -2.48.